The Kier molecular flexibility index (Phi) is 7.13. The first kappa shape index (κ1) is 17.1. The number of nitrogens with two attached hydrogens (primary N) is 2. The van der Waals surface area contributed by atoms with E-state index in [2.05, 4.69) is 6.92 Å². The van der Waals surface area contributed by atoms with Crippen LogP contribution in [-0.2, 0) is 0 Å². The minimum atomic E-state index is 0.180. The van der Waals surface area contributed by atoms with Crippen molar-refractivity contribution in [3.8, 4) is 11.5 Å². The predicted molar refractivity (Wildman–Crippen MR) is 83.8 cm³/mol. The lowest BCUT2D eigenvalue weighted by Crippen LogP contribution is -2.28. The molecule has 1 atom stereocenters. The summed E-state index contributed by atoms with van der Waals surface area (Å²) in [5.41, 5.74) is 12.6. The predicted octanol–water partition coefficient (Wildman–Crippen LogP) is 2.77. The Hall–Kier alpha value is -0.970. The summed E-state index contributed by atoms with van der Waals surface area (Å²) in [4.78, 5) is 0. The standard InChI is InChI=1S/C15H25ClN2O2/c1-4-19-14-7-15(20-5-2)13(16)6-12(14)10(3)11(8-17)9-18/h6-7,10-11H,4-5,8-9,17-18H2,1-3H3. The number of halogens is 1. The fourth-order valence-corrected chi connectivity index (χ4v) is 2.44. The van der Waals surface area contributed by atoms with Gasteiger partial charge in [-0.15, -0.1) is 0 Å². The first-order chi connectivity index (χ1) is 9.58. The molecule has 1 rings (SSSR count). The third-order valence-corrected chi connectivity index (χ3v) is 3.76. The summed E-state index contributed by atoms with van der Waals surface area (Å²) < 4.78 is 11.2. The van der Waals surface area contributed by atoms with Gasteiger partial charge in [0, 0.05) is 6.07 Å². The fraction of sp³-hybridized carbons (Fsp3) is 0.600. The van der Waals surface area contributed by atoms with Crippen LogP contribution in [0.1, 0.15) is 32.3 Å². The normalized spacial score (nSPS) is 12.6. The molecule has 1 unspecified atom stereocenters. The zero-order valence-corrected chi connectivity index (χ0v) is 13.2. The lowest BCUT2D eigenvalue weighted by Gasteiger charge is -2.24. The highest BCUT2D eigenvalue weighted by molar-refractivity contribution is 6.32. The molecule has 0 bridgehead atoms. The third-order valence-electron chi connectivity index (χ3n) is 3.47. The quantitative estimate of drug-likeness (QED) is 0.774. The van der Waals surface area contributed by atoms with Gasteiger partial charge in [0.2, 0.25) is 0 Å². The molecule has 0 aliphatic rings. The van der Waals surface area contributed by atoms with E-state index in [4.69, 9.17) is 32.5 Å². The highest BCUT2D eigenvalue weighted by Crippen LogP contribution is 2.38. The van der Waals surface area contributed by atoms with Gasteiger partial charge in [0.1, 0.15) is 11.5 Å². The summed E-state index contributed by atoms with van der Waals surface area (Å²) in [6.45, 7) is 8.19. The Labute approximate surface area is 126 Å². The maximum atomic E-state index is 6.27. The summed E-state index contributed by atoms with van der Waals surface area (Å²) >= 11 is 6.27. The molecule has 0 saturated carbocycles. The zero-order valence-electron chi connectivity index (χ0n) is 12.5. The van der Waals surface area contributed by atoms with Gasteiger partial charge in [-0.05, 0) is 50.4 Å². The van der Waals surface area contributed by atoms with Gasteiger partial charge in [0.15, 0.2) is 0 Å². The van der Waals surface area contributed by atoms with Crippen LogP contribution in [0.15, 0.2) is 12.1 Å². The molecule has 1 aromatic carbocycles. The van der Waals surface area contributed by atoms with Crippen LogP contribution in [-0.4, -0.2) is 26.3 Å². The van der Waals surface area contributed by atoms with E-state index in [0.717, 1.165) is 11.3 Å². The van der Waals surface area contributed by atoms with Crippen molar-refractivity contribution in [3.05, 3.63) is 22.7 Å². The molecular formula is C15H25ClN2O2. The van der Waals surface area contributed by atoms with Gasteiger partial charge in [0.05, 0.1) is 18.2 Å². The Bertz CT molecular complexity index is 423. The molecule has 0 fully saturated rings. The van der Waals surface area contributed by atoms with Crippen molar-refractivity contribution < 1.29 is 9.47 Å². The lowest BCUT2D eigenvalue weighted by atomic mass is 9.87. The third kappa shape index (κ3) is 4.01. The van der Waals surface area contributed by atoms with Gasteiger partial charge in [0.25, 0.3) is 0 Å². The Balaban J connectivity index is 3.19. The summed E-state index contributed by atoms with van der Waals surface area (Å²) in [6, 6.07) is 3.76. The van der Waals surface area contributed by atoms with Crippen molar-refractivity contribution in [2.75, 3.05) is 26.3 Å². The molecule has 0 aromatic heterocycles. The van der Waals surface area contributed by atoms with Gasteiger partial charge in [-0.1, -0.05) is 18.5 Å². The van der Waals surface area contributed by atoms with E-state index in [0.29, 0.717) is 37.1 Å². The molecule has 1 aromatic rings. The average Bonchev–Trinajstić information content (AvgIpc) is 2.44. The molecule has 0 aliphatic carbocycles. The van der Waals surface area contributed by atoms with Crippen LogP contribution in [0.3, 0.4) is 0 Å². The molecule has 0 heterocycles. The van der Waals surface area contributed by atoms with Gasteiger partial charge < -0.3 is 20.9 Å². The largest absolute Gasteiger partial charge is 0.493 e. The van der Waals surface area contributed by atoms with Crippen molar-refractivity contribution >= 4 is 11.6 Å². The number of rotatable bonds is 8. The number of hydrogen-bond acceptors (Lipinski definition) is 4. The second-order valence-corrected chi connectivity index (χ2v) is 5.11. The number of ether oxygens (including phenoxy) is 2. The van der Waals surface area contributed by atoms with Crippen molar-refractivity contribution in [3.63, 3.8) is 0 Å². The van der Waals surface area contributed by atoms with Gasteiger partial charge >= 0.3 is 0 Å². The highest BCUT2D eigenvalue weighted by Gasteiger charge is 2.22. The van der Waals surface area contributed by atoms with E-state index in [1.807, 2.05) is 26.0 Å². The van der Waals surface area contributed by atoms with Gasteiger partial charge in [-0.25, -0.2) is 0 Å². The molecule has 0 radical (unpaired) electrons. The van der Waals surface area contributed by atoms with E-state index < -0.39 is 0 Å². The van der Waals surface area contributed by atoms with Crippen LogP contribution in [0, 0.1) is 5.92 Å². The maximum Gasteiger partial charge on any atom is 0.141 e. The van der Waals surface area contributed by atoms with Crippen molar-refractivity contribution in [2.24, 2.45) is 17.4 Å². The number of benzene rings is 1. The van der Waals surface area contributed by atoms with Crippen LogP contribution in [0.4, 0.5) is 0 Å². The molecule has 4 nitrogen and oxygen atoms in total. The molecule has 114 valence electrons. The van der Waals surface area contributed by atoms with E-state index in [9.17, 15) is 0 Å². The lowest BCUT2D eigenvalue weighted by molar-refractivity contribution is 0.316. The summed E-state index contributed by atoms with van der Waals surface area (Å²) in [6.07, 6.45) is 0. The summed E-state index contributed by atoms with van der Waals surface area (Å²) in [5, 5.41) is 0.588. The fourth-order valence-electron chi connectivity index (χ4n) is 2.21. The Morgan fingerprint density at radius 2 is 1.60 bits per heavy atom. The molecule has 0 saturated heterocycles. The summed E-state index contributed by atoms with van der Waals surface area (Å²) in [5.74, 6) is 1.81. The molecule has 0 amide bonds. The van der Waals surface area contributed by atoms with E-state index in [-0.39, 0.29) is 11.8 Å². The maximum absolute atomic E-state index is 6.27. The van der Waals surface area contributed by atoms with Crippen LogP contribution >= 0.6 is 11.6 Å². The second kappa shape index (κ2) is 8.35. The second-order valence-electron chi connectivity index (χ2n) is 4.71. The summed E-state index contributed by atoms with van der Waals surface area (Å²) in [7, 11) is 0. The van der Waals surface area contributed by atoms with Crippen molar-refractivity contribution in [2.45, 2.75) is 26.7 Å². The van der Waals surface area contributed by atoms with E-state index >= 15 is 0 Å². The molecule has 20 heavy (non-hydrogen) atoms. The minimum absolute atomic E-state index is 0.180. The van der Waals surface area contributed by atoms with Crippen LogP contribution in [0.2, 0.25) is 5.02 Å². The van der Waals surface area contributed by atoms with Crippen LogP contribution in [0.5, 0.6) is 11.5 Å². The van der Waals surface area contributed by atoms with Crippen LogP contribution in [0.25, 0.3) is 0 Å². The zero-order chi connectivity index (χ0) is 15.1. The molecule has 5 heteroatoms. The monoisotopic (exact) mass is 300 g/mol. The molecule has 4 N–H and O–H groups in total. The first-order valence-corrected chi connectivity index (χ1v) is 7.45. The SMILES string of the molecule is CCOc1cc(OCC)c(C(C)C(CN)CN)cc1Cl. The topological polar surface area (TPSA) is 70.5 Å². The Morgan fingerprint density at radius 3 is 2.10 bits per heavy atom. The highest BCUT2D eigenvalue weighted by atomic mass is 35.5. The van der Waals surface area contributed by atoms with Gasteiger partial charge in [-0.2, -0.15) is 0 Å². The smallest absolute Gasteiger partial charge is 0.141 e. The molecular weight excluding hydrogens is 276 g/mol. The number of hydrogen-bond donors (Lipinski definition) is 2. The first-order valence-electron chi connectivity index (χ1n) is 7.08. The minimum Gasteiger partial charge on any atom is -0.493 e. The van der Waals surface area contributed by atoms with E-state index in [1.165, 1.54) is 0 Å². The average molecular weight is 301 g/mol. The van der Waals surface area contributed by atoms with Crippen molar-refractivity contribution in [1.82, 2.24) is 0 Å². The van der Waals surface area contributed by atoms with Crippen LogP contribution < -0.4 is 20.9 Å². The van der Waals surface area contributed by atoms with E-state index in [1.54, 1.807) is 0 Å². The van der Waals surface area contributed by atoms with Crippen molar-refractivity contribution in [1.29, 1.82) is 0 Å². The Morgan fingerprint density at radius 1 is 1.05 bits per heavy atom. The molecule has 0 aliphatic heterocycles. The molecule has 0 spiro atoms. The van der Waals surface area contributed by atoms with Gasteiger partial charge in [-0.3, -0.25) is 0 Å².